The molecule has 2 aromatic heterocycles. The Hall–Kier alpha value is -2.55. The van der Waals surface area contributed by atoms with Crippen LogP contribution in [0.4, 0.5) is 0 Å². The molecular weight excluding hydrogens is 298 g/mol. The van der Waals surface area contributed by atoms with Crippen LogP contribution >= 0.6 is 0 Å². The van der Waals surface area contributed by atoms with Gasteiger partial charge in [-0.05, 0) is 57.9 Å². The summed E-state index contributed by atoms with van der Waals surface area (Å²) in [7, 11) is 0. The number of pyridine rings is 1. The highest BCUT2D eigenvalue weighted by atomic mass is 16.5. The van der Waals surface area contributed by atoms with Crippen molar-refractivity contribution >= 4 is 11.5 Å². The van der Waals surface area contributed by atoms with Crippen LogP contribution in [0.5, 0.6) is 5.75 Å². The molecule has 3 rings (SSSR count). The summed E-state index contributed by atoms with van der Waals surface area (Å²) in [6.45, 7) is 9.79. The summed E-state index contributed by atoms with van der Waals surface area (Å²) in [6.07, 6.45) is 2.00. The van der Waals surface area contributed by atoms with E-state index in [0.29, 0.717) is 5.75 Å². The summed E-state index contributed by atoms with van der Waals surface area (Å²) in [4.78, 5) is 12.3. The van der Waals surface area contributed by atoms with Gasteiger partial charge in [-0.3, -0.25) is 4.79 Å². The van der Waals surface area contributed by atoms with Gasteiger partial charge in [0.2, 0.25) is 0 Å². The van der Waals surface area contributed by atoms with Crippen LogP contribution < -0.4 is 4.74 Å². The topological polar surface area (TPSA) is 30.7 Å². The minimum atomic E-state index is -0.540. The van der Waals surface area contributed by atoms with Crippen molar-refractivity contribution in [2.24, 2.45) is 5.41 Å². The van der Waals surface area contributed by atoms with Gasteiger partial charge in [-0.1, -0.05) is 24.3 Å². The molecular formula is C21H23NO2. The van der Waals surface area contributed by atoms with Crippen molar-refractivity contribution in [2.45, 2.75) is 34.6 Å². The maximum atomic E-state index is 12.3. The van der Waals surface area contributed by atoms with Crippen LogP contribution in [0.2, 0.25) is 0 Å². The third kappa shape index (κ3) is 2.82. The van der Waals surface area contributed by atoms with Crippen molar-refractivity contribution in [1.82, 2.24) is 4.40 Å². The Labute approximate surface area is 142 Å². The lowest BCUT2D eigenvalue weighted by atomic mass is 9.97. The van der Waals surface area contributed by atoms with E-state index < -0.39 is 5.41 Å². The Bertz CT molecular complexity index is 893. The largest absolute Gasteiger partial charge is 0.424 e. The van der Waals surface area contributed by atoms with Crippen LogP contribution in [-0.4, -0.2) is 10.4 Å². The summed E-state index contributed by atoms with van der Waals surface area (Å²) >= 11 is 0. The molecule has 3 aromatic rings. The van der Waals surface area contributed by atoms with Crippen LogP contribution in [0, 0.1) is 19.3 Å². The molecule has 0 bridgehead atoms. The SMILES string of the molecule is Cc1cccc(C)c1-c1cc(OC(=O)C(C)(C)C)c2ccccn12. The van der Waals surface area contributed by atoms with E-state index in [1.807, 2.05) is 51.2 Å². The first-order chi connectivity index (χ1) is 11.3. The molecule has 0 unspecified atom stereocenters. The zero-order valence-electron chi connectivity index (χ0n) is 14.9. The second-order valence-corrected chi connectivity index (χ2v) is 7.26. The van der Waals surface area contributed by atoms with Gasteiger partial charge in [0, 0.05) is 17.8 Å². The summed E-state index contributed by atoms with van der Waals surface area (Å²) in [5, 5.41) is 0. The molecule has 0 spiro atoms. The van der Waals surface area contributed by atoms with E-state index in [1.54, 1.807) is 0 Å². The second kappa shape index (κ2) is 5.82. The first kappa shape index (κ1) is 16.3. The monoisotopic (exact) mass is 321 g/mol. The molecule has 0 amide bonds. The first-order valence-corrected chi connectivity index (χ1v) is 8.18. The lowest BCUT2D eigenvalue weighted by molar-refractivity contribution is -0.142. The van der Waals surface area contributed by atoms with Crippen molar-refractivity contribution in [1.29, 1.82) is 0 Å². The maximum Gasteiger partial charge on any atom is 0.316 e. The molecule has 24 heavy (non-hydrogen) atoms. The van der Waals surface area contributed by atoms with Crippen molar-refractivity contribution in [3.8, 4) is 17.0 Å². The number of nitrogens with zero attached hydrogens (tertiary/aromatic N) is 1. The van der Waals surface area contributed by atoms with E-state index in [4.69, 9.17) is 4.74 Å². The zero-order valence-corrected chi connectivity index (χ0v) is 14.9. The van der Waals surface area contributed by atoms with Gasteiger partial charge in [-0.25, -0.2) is 0 Å². The van der Waals surface area contributed by atoms with Crippen molar-refractivity contribution in [3.05, 3.63) is 59.8 Å². The number of aryl methyl sites for hydroxylation is 2. The van der Waals surface area contributed by atoms with E-state index in [0.717, 1.165) is 11.2 Å². The standard InChI is InChI=1S/C21H23NO2/c1-14-9-8-10-15(2)19(14)17-13-18(24-20(23)21(3,4)5)16-11-6-7-12-22(16)17/h6-13H,1-5H3. The molecule has 0 aliphatic heterocycles. The van der Waals surface area contributed by atoms with Gasteiger partial charge in [-0.15, -0.1) is 0 Å². The van der Waals surface area contributed by atoms with Gasteiger partial charge in [-0.2, -0.15) is 0 Å². The van der Waals surface area contributed by atoms with Crippen LogP contribution in [-0.2, 0) is 4.79 Å². The van der Waals surface area contributed by atoms with Crippen LogP contribution in [0.1, 0.15) is 31.9 Å². The Morgan fingerprint density at radius 1 is 1.00 bits per heavy atom. The number of hydrogen-bond donors (Lipinski definition) is 0. The van der Waals surface area contributed by atoms with Crippen LogP contribution in [0.25, 0.3) is 16.8 Å². The smallest absolute Gasteiger partial charge is 0.316 e. The fourth-order valence-corrected chi connectivity index (χ4v) is 2.87. The molecule has 0 atom stereocenters. The van der Waals surface area contributed by atoms with Crippen molar-refractivity contribution < 1.29 is 9.53 Å². The van der Waals surface area contributed by atoms with Crippen molar-refractivity contribution in [3.63, 3.8) is 0 Å². The molecule has 0 fully saturated rings. The predicted octanol–water partition coefficient (Wildman–Crippen LogP) is 5.17. The lowest BCUT2D eigenvalue weighted by Gasteiger charge is -2.15. The van der Waals surface area contributed by atoms with E-state index in [1.165, 1.54) is 16.7 Å². The van der Waals surface area contributed by atoms with Gasteiger partial charge in [0.05, 0.1) is 16.6 Å². The number of benzene rings is 1. The fourth-order valence-electron chi connectivity index (χ4n) is 2.87. The number of carbonyl (C=O) groups excluding carboxylic acids is 1. The van der Waals surface area contributed by atoms with Gasteiger partial charge in [0.1, 0.15) is 0 Å². The highest BCUT2D eigenvalue weighted by Crippen LogP contribution is 2.35. The molecule has 0 radical (unpaired) electrons. The number of carbonyl (C=O) groups is 1. The lowest BCUT2D eigenvalue weighted by Crippen LogP contribution is -2.25. The predicted molar refractivity (Wildman–Crippen MR) is 97.4 cm³/mol. The molecule has 1 aromatic carbocycles. The Kier molecular flexibility index (Phi) is 3.96. The average molecular weight is 321 g/mol. The summed E-state index contributed by atoms with van der Waals surface area (Å²) < 4.78 is 7.80. The second-order valence-electron chi connectivity index (χ2n) is 7.26. The fraction of sp³-hybridized carbons (Fsp3) is 0.286. The number of ether oxygens (including phenoxy) is 1. The van der Waals surface area contributed by atoms with Gasteiger partial charge >= 0.3 is 5.97 Å². The number of fused-ring (bicyclic) bond motifs is 1. The molecule has 0 saturated heterocycles. The quantitative estimate of drug-likeness (QED) is 0.609. The van der Waals surface area contributed by atoms with Gasteiger partial charge < -0.3 is 9.14 Å². The molecule has 2 heterocycles. The highest BCUT2D eigenvalue weighted by Gasteiger charge is 2.25. The summed E-state index contributed by atoms with van der Waals surface area (Å²) in [6, 6.07) is 14.1. The first-order valence-electron chi connectivity index (χ1n) is 8.18. The minimum Gasteiger partial charge on any atom is -0.424 e. The Morgan fingerprint density at radius 2 is 1.67 bits per heavy atom. The molecule has 0 N–H and O–H groups in total. The third-order valence-electron chi connectivity index (χ3n) is 4.19. The molecule has 3 heteroatoms. The number of aromatic nitrogens is 1. The number of esters is 1. The molecule has 3 nitrogen and oxygen atoms in total. The maximum absolute atomic E-state index is 12.3. The molecule has 0 aliphatic rings. The highest BCUT2D eigenvalue weighted by molar-refractivity contribution is 5.83. The van der Waals surface area contributed by atoms with E-state index in [2.05, 4.69) is 36.4 Å². The average Bonchev–Trinajstić information content (AvgIpc) is 2.85. The molecule has 0 aliphatic carbocycles. The molecule has 0 saturated carbocycles. The van der Waals surface area contributed by atoms with Gasteiger partial charge in [0.15, 0.2) is 5.75 Å². The third-order valence-corrected chi connectivity index (χ3v) is 4.19. The van der Waals surface area contributed by atoms with E-state index in [-0.39, 0.29) is 5.97 Å². The van der Waals surface area contributed by atoms with Crippen LogP contribution in [0.15, 0.2) is 48.7 Å². The summed E-state index contributed by atoms with van der Waals surface area (Å²) in [5.74, 6) is 0.375. The van der Waals surface area contributed by atoms with E-state index >= 15 is 0 Å². The normalized spacial score (nSPS) is 11.7. The minimum absolute atomic E-state index is 0.230. The Morgan fingerprint density at radius 3 is 2.29 bits per heavy atom. The van der Waals surface area contributed by atoms with Crippen molar-refractivity contribution in [2.75, 3.05) is 0 Å². The molecule has 124 valence electrons. The summed E-state index contributed by atoms with van der Waals surface area (Å²) in [5.41, 5.74) is 4.98. The number of rotatable bonds is 2. The zero-order chi connectivity index (χ0) is 17.5. The Balaban J connectivity index is 2.19. The van der Waals surface area contributed by atoms with Gasteiger partial charge in [0.25, 0.3) is 0 Å². The van der Waals surface area contributed by atoms with Crippen LogP contribution in [0.3, 0.4) is 0 Å². The number of hydrogen-bond acceptors (Lipinski definition) is 2. The van der Waals surface area contributed by atoms with E-state index in [9.17, 15) is 4.79 Å².